The molecule has 4 nitrogen and oxygen atoms in total. The Bertz CT molecular complexity index is 174. The Morgan fingerprint density at radius 1 is 1.54 bits per heavy atom. The molecule has 1 rings (SSSR count). The molecule has 1 aliphatic carbocycles. The summed E-state index contributed by atoms with van der Waals surface area (Å²) in [4.78, 5) is 10.5. The summed E-state index contributed by atoms with van der Waals surface area (Å²) in [6.07, 6.45) is 3.11. The molecule has 1 aliphatic rings. The van der Waals surface area contributed by atoms with Gasteiger partial charge in [-0.15, -0.1) is 12.4 Å². The Morgan fingerprint density at radius 3 is 2.38 bits per heavy atom. The van der Waals surface area contributed by atoms with E-state index in [1.54, 1.807) is 0 Å². The number of hydrogen-bond acceptors (Lipinski definition) is 3. The first-order valence-corrected chi connectivity index (χ1v) is 4.34. The van der Waals surface area contributed by atoms with Gasteiger partial charge in [0.05, 0.1) is 0 Å². The zero-order valence-electron chi connectivity index (χ0n) is 7.48. The van der Waals surface area contributed by atoms with Crippen molar-refractivity contribution in [3.05, 3.63) is 0 Å². The second kappa shape index (κ2) is 5.42. The molecule has 0 unspecified atom stereocenters. The van der Waals surface area contributed by atoms with Crippen molar-refractivity contribution in [3.8, 4) is 0 Å². The molecule has 0 bridgehead atoms. The third kappa shape index (κ3) is 3.50. The summed E-state index contributed by atoms with van der Waals surface area (Å²) in [6.45, 7) is 0. The summed E-state index contributed by atoms with van der Waals surface area (Å²) in [5, 5.41) is 9.16. The highest BCUT2D eigenvalue weighted by Gasteiger charge is 2.26. The summed E-state index contributed by atoms with van der Waals surface area (Å²) in [7, 11) is 0. The first kappa shape index (κ1) is 12.7. The van der Waals surface area contributed by atoms with E-state index in [1.807, 2.05) is 0 Å². The summed E-state index contributed by atoms with van der Waals surface area (Å²) >= 11 is 0. The van der Waals surface area contributed by atoms with Crippen LogP contribution in [0, 0.1) is 5.92 Å². The van der Waals surface area contributed by atoms with Gasteiger partial charge in [0.25, 0.3) is 0 Å². The Labute approximate surface area is 84.1 Å². The standard InChI is InChI=1S/C8H16N2O2.ClH/c9-6(7(11)8(10)12)4-5-2-1-3-5;/h5-7,11H,1-4,9H2,(H2,10,12);1H/t6-,7-;/m1./s1. The molecule has 0 aliphatic heterocycles. The van der Waals surface area contributed by atoms with Crippen LogP contribution < -0.4 is 11.5 Å². The van der Waals surface area contributed by atoms with Crippen molar-refractivity contribution in [2.45, 2.75) is 37.8 Å². The maximum Gasteiger partial charge on any atom is 0.247 e. The van der Waals surface area contributed by atoms with Gasteiger partial charge in [-0.1, -0.05) is 19.3 Å². The predicted molar refractivity (Wildman–Crippen MR) is 52.4 cm³/mol. The number of rotatable bonds is 4. The number of halogens is 1. The highest BCUT2D eigenvalue weighted by Crippen LogP contribution is 2.30. The van der Waals surface area contributed by atoms with Crippen molar-refractivity contribution in [2.24, 2.45) is 17.4 Å². The largest absolute Gasteiger partial charge is 0.382 e. The smallest absolute Gasteiger partial charge is 0.247 e. The molecular weight excluding hydrogens is 192 g/mol. The molecule has 5 heteroatoms. The van der Waals surface area contributed by atoms with Crippen LogP contribution in [0.2, 0.25) is 0 Å². The molecule has 1 amide bonds. The average molecular weight is 209 g/mol. The molecule has 0 spiro atoms. The quantitative estimate of drug-likeness (QED) is 0.596. The van der Waals surface area contributed by atoms with Gasteiger partial charge in [-0.05, 0) is 12.3 Å². The Hall–Kier alpha value is -0.320. The van der Waals surface area contributed by atoms with Gasteiger partial charge in [0.2, 0.25) is 5.91 Å². The van der Waals surface area contributed by atoms with E-state index in [4.69, 9.17) is 16.6 Å². The molecule has 0 heterocycles. The molecule has 1 saturated carbocycles. The minimum atomic E-state index is -1.18. The van der Waals surface area contributed by atoms with E-state index in [1.165, 1.54) is 19.3 Å². The topological polar surface area (TPSA) is 89.3 Å². The Kier molecular flexibility index (Phi) is 5.29. The highest BCUT2D eigenvalue weighted by atomic mass is 35.5. The maximum absolute atomic E-state index is 10.5. The van der Waals surface area contributed by atoms with Gasteiger partial charge in [0, 0.05) is 6.04 Å². The normalized spacial score (nSPS) is 21.1. The van der Waals surface area contributed by atoms with Crippen molar-refractivity contribution in [1.82, 2.24) is 0 Å². The van der Waals surface area contributed by atoms with E-state index in [0.717, 1.165) is 0 Å². The van der Waals surface area contributed by atoms with Crippen LogP contribution in [0.5, 0.6) is 0 Å². The maximum atomic E-state index is 10.5. The molecular formula is C8H17ClN2O2. The van der Waals surface area contributed by atoms with Crippen LogP contribution in [0.15, 0.2) is 0 Å². The molecule has 0 aromatic rings. The lowest BCUT2D eigenvalue weighted by atomic mass is 9.80. The molecule has 0 saturated heterocycles. The fourth-order valence-electron chi connectivity index (χ4n) is 1.45. The zero-order chi connectivity index (χ0) is 9.14. The van der Waals surface area contributed by atoms with Crippen LogP contribution >= 0.6 is 12.4 Å². The van der Waals surface area contributed by atoms with Crippen LogP contribution in [0.4, 0.5) is 0 Å². The lowest BCUT2D eigenvalue weighted by Gasteiger charge is -2.29. The SMILES string of the molecule is Cl.NC(=O)[C@H](O)[C@H](N)CC1CCC1. The molecule has 5 N–H and O–H groups in total. The third-order valence-corrected chi connectivity index (χ3v) is 2.53. The number of aliphatic hydroxyl groups excluding tert-OH is 1. The number of primary amides is 1. The van der Waals surface area contributed by atoms with Gasteiger partial charge in [0.1, 0.15) is 6.10 Å². The average Bonchev–Trinajstić information content (AvgIpc) is 1.94. The number of nitrogens with two attached hydrogens (primary N) is 2. The van der Waals surface area contributed by atoms with Crippen molar-refractivity contribution < 1.29 is 9.90 Å². The van der Waals surface area contributed by atoms with Gasteiger partial charge in [-0.2, -0.15) is 0 Å². The molecule has 1 fully saturated rings. The van der Waals surface area contributed by atoms with Gasteiger partial charge in [0.15, 0.2) is 0 Å². The van der Waals surface area contributed by atoms with Crippen LogP contribution in [0.25, 0.3) is 0 Å². The second-order valence-electron chi connectivity index (χ2n) is 3.54. The first-order chi connectivity index (χ1) is 5.61. The van der Waals surface area contributed by atoms with Gasteiger partial charge >= 0.3 is 0 Å². The fraction of sp³-hybridized carbons (Fsp3) is 0.875. The first-order valence-electron chi connectivity index (χ1n) is 4.34. The van der Waals surface area contributed by atoms with Crippen LogP contribution in [-0.2, 0) is 4.79 Å². The predicted octanol–water partition coefficient (Wildman–Crippen LogP) is -0.228. The third-order valence-electron chi connectivity index (χ3n) is 2.53. The fourth-order valence-corrected chi connectivity index (χ4v) is 1.45. The minimum Gasteiger partial charge on any atom is -0.382 e. The van der Waals surface area contributed by atoms with Crippen molar-refractivity contribution in [2.75, 3.05) is 0 Å². The number of carbonyl (C=O) groups excluding carboxylic acids is 1. The number of carbonyl (C=O) groups is 1. The van der Waals surface area contributed by atoms with Gasteiger partial charge in [-0.25, -0.2) is 0 Å². The minimum absolute atomic E-state index is 0. The van der Waals surface area contributed by atoms with E-state index >= 15 is 0 Å². The lowest BCUT2D eigenvalue weighted by molar-refractivity contribution is -0.127. The summed E-state index contributed by atoms with van der Waals surface area (Å²) in [5.74, 6) is -0.129. The van der Waals surface area contributed by atoms with Crippen LogP contribution in [0.3, 0.4) is 0 Å². The molecule has 13 heavy (non-hydrogen) atoms. The number of amides is 1. The number of hydrogen-bond donors (Lipinski definition) is 3. The van der Waals surface area contributed by atoms with Crippen molar-refractivity contribution >= 4 is 18.3 Å². The van der Waals surface area contributed by atoms with E-state index in [2.05, 4.69) is 0 Å². The molecule has 0 aromatic heterocycles. The number of aliphatic hydroxyl groups is 1. The van der Waals surface area contributed by atoms with E-state index in [0.29, 0.717) is 12.3 Å². The van der Waals surface area contributed by atoms with Crippen molar-refractivity contribution in [3.63, 3.8) is 0 Å². The summed E-state index contributed by atoms with van der Waals surface area (Å²) in [6, 6.07) is -0.479. The monoisotopic (exact) mass is 208 g/mol. The van der Waals surface area contributed by atoms with Crippen LogP contribution in [0.1, 0.15) is 25.7 Å². The van der Waals surface area contributed by atoms with E-state index in [9.17, 15) is 4.79 Å². The summed E-state index contributed by atoms with van der Waals surface area (Å²) in [5.41, 5.74) is 10.5. The van der Waals surface area contributed by atoms with Crippen molar-refractivity contribution in [1.29, 1.82) is 0 Å². The van der Waals surface area contributed by atoms with E-state index in [-0.39, 0.29) is 12.4 Å². The molecule has 2 atom stereocenters. The zero-order valence-corrected chi connectivity index (χ0v) is 8.30. The lowest BCUT2D eigenvalue weighted by Crippen LogP contribution is -2.45. The Balaban J connectivity index is 0.00000144. The van der Waals surface area contributed by atoms with Gasteiger partial charge in [-0.3, -0.25) is 4.79 Å². The van der Waals surface area contributed by atoms with Gasteiger partial charge < -0.3 is 16.6 Å². The second-order valence-corrected chi connectivity index (χ2v) is 3.54. The highest BCUT2D eigenvalue weighted by molar-refractivity contribution is 5.85. The molecule has 0 aromatic carbocycles. The Morgan fingerprint density at radius 2 is 2.08 bits per heavy atom. The summed E-state index contributed by atoms with van der Waals surface area (Å²) < 4.78 is 0. The van der Waals surface area contributed by atoms with Crippen LogP contribution in [-0.4, -0.2) is 23.2 Å². The molecule has 0 radical (unpaired) electrons. The van der Waals surface area contributed by atoms with E-state index < -0.39 is 18.1 Å². The molecule has 78 valence electrons.